The van der Waals surface area contributed by atoms with Crippen molar-refractivity contribution in [2.75, 3.05) is 6.61 Å². The summed E-state index contributed by atoms with van der Waals surface area (Å²) in [5.74, 6) is 0.628. The van der Waals surface area contributed by atoms with E-state index in [-0.39, 0.29) is 5.28 Å². The smallest absolute Gasteiger partial charge is 0.223 e. The molecule has 2 aromatic heterocycles. The molecule has 3 rings (SSSR count). The number of hydrogen-bond donors (Lipinski definition) is 0. The summed E-state index contributed by atoms with van der Waals surface area (Å²) in [5, 5.41) is 0.542. The Labute approximate surface area is 158 Å². The van der Waals surface area contributed by atoms with E-state index >= 15 is 0 Å². The van der Waals surface area contributed by atoms with Crippen molar-refractivity contribution in [1.29, 1.82) is 0 Å². The van der Waals surface area contributed by atoms with Crippen molar-refractivity contribution in [3.63, 3.8) is 0 Å². The first-order chi connectivity index (χ1) is 11.8. The maximum Gasteiger partial charge on any atom is 0.223 e. The number of aromatic nitrogens is 4. The molecule has 0 amide bonds. The summed E-state index contributed by atoms with van der Waals surface area (Å²) in [6.45, 7) is 8.10. The van der Waals surface area contributed by atoms with Crippen LogP contribution in [0, 0.1) is 0 Å². The molecule has 1 aromatic carbocycles. The van der Waals surface area contributed by atoms with Crippen molar-refractivity contribution in [1.82, 2.24) is 19.5 Å². The van der Waals surface area contributed by atoms with Gasteiger partial charge in [-0.3, -0.25) is 4.57 Å². The average Bonchev–Trinajstić information content (AvgIpc) is 2.91. The van der Waals surface area contributed by atoms with Crippen LogP contribution in [0.25, 0.3) is 22.6 Å². The van der Waals surface area contributed by atoms with E-state index in [2.05, 4.69) is 34.6 Å². The molecule has 8 heteroatoms. The summed E-state index contributed by atoms with van der Waals surface area (Å²) < 4.78 is 7.91. The summed E-state index contributed by atoms with van der Waals surface area (Å²) in [6, 6.07) is 8.98. The van der Waals surface area contributed by atoms with Gasteiger partial charge in [-0.15, -0.1) is 0 Å². The summed E-state index contributed by atoms with van der Waals surface area (Å²) >= 11 is 12.2. The third kappa shape index (κ3) is 4.38. The zero-order chi connectivity index (χ0) is 18.0. The Kier molecular flexibility index (Phi) is 5.43. The number of ether oxygens (including phenoxy) is 1. The maximum absolute atomic E-state index is 6.28. The summed E-state index contributed by atoms with van der Waals surface area (Å²) in [7, 11) is -1.14. The van der Waals surface area contributed by atoms with E-state index in [1.165, 1.54) is 6.20 Å². The van der Waals surface area contributed by atoms with Gasteiger partial charge < -0.3 is 4.74 Å². The molecule has 0 N–H and O–H groups in total. The molecule has 0 aliphatic heterocycles. The molecule has 0 spiro atoms. The molecule has 0 atom stereocenters. The van der Waals surface area contributed by atoms with Crippen molar-refractivity contribution in [3.8, 4) is 11.5 Å². The number of imidazole rings is 1. The van der Waals surface area contributed by atoms with E-state index in [0.29, 0.717) is 23.3 Å². The highest BCUT2D eigenvalue weighted by Crippen LogP contribution is 2.29. The van der Waals surface area contributed by atoms with Gasteiger partial charge in [0, 0.05) is 14.7 Å². The monoisotopic (exact) mass is 394 g/mol. The molecule has 0 fully saturated rings. The number of fused-ring (bicyclic) bond motifs is 1. The normalized spacial score (nSPS) is 12.0. The second-order valence-corrected chi connectivity index (χ2v) is 13.4. The Morgan fingerprint density at radius 3 is 2.64 bits per heavy atom. The highest BCUT2D eigenvalue weighted by atomic mass is 35.5. The van der Waals surface area contributed by atoms with Crippen molar-refractivity contribution in [3.05, 3.63) is 40.8 Å². The lowest BCUT2D eigenvalue weighted by molar-refractivity contribution is 0.0909. The highest BCUT2D eigenvalue weighted by molar-refractivity contribution is 6.76. The lowest BCUT2D eigenvalue weighted by Crippen LogP contribution is -2.22. The summed E-state index contributed by atoms with van der Waals surface area (Å²) in [5.41, 5.74) is 2.33. The Morgan fingerprint density at radius 1 is 1.12 bits per heavy atom. The highest BCUT2D eigenvalue weighted by Gasteiger charge is 2.18. The zero-order valence-electron chi connectivity index (χ0n) is 14.5. The van der Waals surface area contributed by atoms with Gasteiger partial charge in [0.15, 0.2) is 5.82 Å². The Hall–Kier alpha value is -1.47. The number of benzene rings is 1. The lowest BCUT2D eigenvalue weighted by Gasteiger charge is -2.16. The van der Waals surface area contributed by atoms with Gasteiger partial charge >= 0.3 is 0 Å². The van der Waals surface area contributed by atoms with Crippen LogP contribution < -0.4 is 0 Å². The number of hydrogen-bond acceptors (Lipinski definition) is 4. The predicted octanol–water partition coefficient (Wildman–Crippen LogP) is 5.11. The third-order valence-corrected chi connectivity index (χ3v) is 5.96. The molecule has 0 radical (unpaired) electrons. The van der Waals surface area contributed by atoms with E-state index in [1.54, 1.807) is 0 Å². The third-order valence-electron chi connectivity index (χ3n) is 3.80. The minimum absolute atomic E-state index is 0.137. The van der Waals surface area contributed by atoms with Gasteiger partial charge in [-0.2, -0.15) is 0 Å². The molecule has 3 aromatic rings. The molecular formula is C17H20Cl2N4OSi. The standard InChI is InChI=1S/C17H20Cl2N4OSi/c1-25(2,3)9-8-24-11-23-14-7-5-4-6-13(14)21-16(23)15-12(18)10-20-17(19)22-15/h4-7,10H,8-9,11H2,1-3H3. The fraction of sp³-hybridized carbons (Fsp3) is 0.353. The quantitative estimate of drug-likeness (QED) is 0.331. The molecule has 5 nitrogen and oxygen atoms in total. The van der Waals surface area contributed by atoms with Crippen molar-refractivity contribution < 1.29 is 4.74 Å². The first kappa shape index (κ1) is 18.3. The van der Waals surface area contributed by atoms with Gasteiger partial charge in [0.2, 0.25) is 5.28 Å². The molecular weight excluding hydrogens is 375 g/mol. The van der Waals surface area contributed by atoms with Crippen LogP contribution in [-0.2, 0) is 11.5 Å². The van der Waals surface area contributed by atoms with Crippen LogP contribution in [0.4, 0.5) is 0 Å². The summed E-state index contributed by atoms with van der Waals surface area (Å²) in [6.07, 6.45) is 1.49. The summed E-state index contributed by atoms with van der Waals surface area (Å²) in [4.78, 5) is 12.8. The van der Waals surface area contributed by atoms with Crippen LogP contribution in [0.2, 0.25) is 36.0 Å². The lowest BCUT2D eigenvalue weighted by atomic mass is 10.3. The average molecular weight is 395 g/mol. The van der Waals surface area contributed by atoms with Gasteiger partial charge in [-0.1, -0.05) is 43.4 Å². The van der Waals surface area contributed by atoms with Crippen molar-refractivity contribution in [2.45, 2.75) is 32.4 Å². The minimum atomic E-state index is -1.14. The van der Waals surface area contributed by atoms with E-state index < -0.39 is 8.07 Å². The molecule has 0 bridgehead atoms. The maximum atomic E-state index is 6.28. The number of halogens is 2. The van der Waals surface area contributed by atoms with Crippen molar-refractivity contribution in [2.24, 2.45) is 0 Å². The SMILES string of the molecule is C[Si](C)(C)CCOCn1c(-c2nc(Cl)ncc2Cl)nc2ccccc21. The van der Waals surface area contributed by atoms with Crippen LogP contribution in [-0.4, -0.2) is 34.2 Å². The molecule has 0 aliphatic rings. The van der Waals surface area contributed by atoms with Crippen LogP contribution in [0.3, 0.4) is 0 Å². The van der Waals surface area contributed by atoms with Gasteiger partial charge in [-0.05, 0) is 29.8 Å². The molecule has 0 saturated carbocycles. The second-order valence-electron chi connectivity index (χ2n) is 7.04. The Morgan fingerprint density at radius 2 is 1.88 bits per heavy atom. The van der Waals surface area contributed by atoms with Crippen molar-refractivity contribution >= 4 is 42.3 Å². The van der Waals surface area contributed by atoms with Gasteiger partial charge in [-0.25, -0.2) is 15.0 Å². The van der Waals surface area contributed by atoms with Gasteiger partial charge in [0.1, 0.15) is 12.4 Å². The number of nitrogens with zero attached hydrogens (tertiary/aromatic N) is 4. The number of rotatable bonds is 6. The Bertz CT molecular complexity index is 892. The van der Waals surface area contributed by atoms with E-state index in [4.69, 9.17) is 27.9 Å². The minimum Gasteiger partial charge on any atom is -0.361 e. The van der Waals surface area contributed by atoms with Crippen LogP contribution in [0.15, 0.2) is 30.5 Å². The first-order valence-corrected chi connectivity index (χ1v) is 12.5. The fourth-order valence-corrected chi connectivity index (χ4v) is 3.49. The van der Waals surface area contributed by atoms with Gasteiger partial charge in [0.05, 0.1) is 22.3 Å². The van der Waals surface area contributed by atoms with E-state index in [0.717, 1.165) is 23.7 Å². The molecule has 0 unspecified atom stereocenters. The molecule has 0 saturated heterocycles. The molecule has 2 heterocycles. The predicted molar refractivity (Wildman–Crippen MR) is 105 cm³/mol. The van der Waals surface area contributed by atoms with E-state index in [1.807, 2.05) is 28.8 Å². The topological polar surface area (TPSA) is 52.8 Å². The van der Waals surface area contributed by atoms with Crippen LogP contribution in [0.1, 0.15) is 0 Å². The fourth-order valence-electron chi connectivity index (χ4n) is 2.42. The Balaban J connectivity index is 1.96. The zero-order valence-corrected chi connectivity index (χ0v) is 17.0. The first-order valence-electron chi connectivity index (χ1n) is 8.06. The van der Waals surface area contributed by atoms with Crippen LogP contribution in [0.5, 0.6) is 0 Å². The second kappa shape index (κ2) is 7.41. The molecule has 132 valence electrons. The van der Waals surface area contributed by atoms with E-state index in [9.17, 15) is 0 Å². The van der Waals surface area contributed by atoms with Crippen LogP contribution >= 0.6 is 23.2 Å². The molecule has 25 heavy (non-hydrogen) atoms. The van der Waals surface area contributed by atoms with Gasteiger partial charge in [0.25, 0.3) is 0 Å². The largest absolute Gasteiger partial charge is 0.361 e. The molecule has 0 aliphatic carbocycles. The number of para-hydroxylation sites is 2.